The Kier molecular flexibility index (Phi) is 4.42. The van der Waals surface area contributed by atoms with E-state index in [2.05, 4.69) is 28.1 Å². The fourth-order valence-electron chi connectivity index (χ4n) is 2.86. The van der Waals surface area contributed by atoms with Crippen LogP contribution in [0.1, 0.15) is 35.4 Å². The summed E-state index contributed by atoms with van der Waals surface area (Å²) in [5.41, 5.74) is 7.32. The van der Waals surface area contributed by atoms with Gasteiger partial charge in [0.15, 0.2) is 0 Å². The lowest BCUT2D eigenvalue weighted by atomic mass is 10.0. The van der Waals surface area contributed by atoms with E-state index in [-0.39, 0.29) is 11.9 Å². The molecule has 1 aromatic heterocycles. The minimum absolute atomic E-state index is 0.0277. The molecule has 0 aliphatic carbocycles. The number of nitrogens with zero attached hydrogens (tertiary/aromatic N) is 1. The van der Waals surface area contributed by atoms with Crippen LogP contribution in [0.3, 0.4) is 0 Å². The van der Waals surface area contributed by atoms with Crippen LogP contribution in [0.2, 0.25) is 0 Å². The van der Waals surface area contributed by atoms with E-state index in [1.54, 1.807) is 0 Å². The summed E-state index contributed by atoms with van der Waals surface area (Å²) in [6, 6.07) is 11.6. The molecule has 1 amide bonds. The number of hydrogen-bond acceptors (Lipinski definition) is 3. The van der Waals surface area contributed by atoms with E-state index >= 15 is 0 Å². The number of amides is 1. The first kappa shape index (κ1) is 14.8. The molecule has 3 rings (SSSR count). The van der Waals surface area contributed by atoms with Crippen molar-refractivity contribution in [1.29, 1.82) is 0 Å². The number of likely N-dealkylation sites (tertiary alicyclic amines) is 1. The molecule has 2 heterocycles. The zero-order valence-electron chi connectivity index (χ0n) is 11.5. The Morgan fingerprint density at radius 2 is 2.24 bits per heavy atom. The van der Waals surface area contributed by atoms with Gasteiger partial charge in [-0.05, 0) is 42.0 Å². The van der Waals surface area contributed by atoms with Gasteiger partial charge in [-0.15, -0.1) is 11.3 Å². The Morgan fingerprint density at radius 1 is 1.38 bits per heavy atom. The molecule has 0 radical (unpaired) electrons. The van der Waals surface area contributed by atoms with Gasteiger partial charge in [0.05, 0.1) is 6.04 Å². The minimum Gasteiger partial charge on any atom is -0.334 e. The Morgan fingerprint density at radius 3 is 2.95 bits per heavy atom. The largest absolute Gasteiger partial charge is 0.334 e. The molecular formula is C16H17BrN2OS. The van der Waals surface area contributed by atoms with Crippen LogP contribution in [0.4, 0.5) is 0 Å². The van der Waals surface area contributed by atoms with E-state index in [9.17, 15) is 4.79 Å². The van der Waals surface area contributed by atoms with Crippen LogP contribution < -0.4 is 5.73 Å². The smallest absolute Gasteiger partial charge is 0.245 e. The number of hydrogen-bond donors (Lipinski definition) is 1. The third-order valence-electron chi connectivity index (χ3n) is 3.89. The van der Waals surface area contributed by atoms with Crippen molar-refractivity contribution in [2.45, 2.75) is 24.9 Å². The maximum absolute atomic E-state index is 12.7. The van der Waals surface area contributed by atoms with Crippen LogP contribution >= 0.6 is 27.3 Å². The lowest BCUT2D eigenvalue weighted by Crippen LogP contribution is -2.37. The molecule has 2 aromatic rings. The topological polar surface area (TPSA) is 46.3 Å². The van der Waals surface area contributed by atoms with Crippen LogP contribution in [0, 0.1) is 0 Å². The summed E-state index contributed by atoms with van der Waals surface area (Å²) in [5.74, 6) is 0.0277. The van der Waals surface area contributed by atoms with Crippen molar-refractivity contribution in [3.05, 3.63) is 56.7 Å². The average Bonchev–Trinajstić information content (AvgIpc) is 3.16. The van der Waals surface area contributed by atoms with Crippen molar-refractivity contribution in [1.82, 2.24) is 4.90 Å². The van der Waals surface area contributed by atoms with Gasteiger partial charge in [-0.3, -0.25) is 4.79 Å². The molecule has 2 atom stereocenters. The van der Waals surface area contributed by atoms with Crippen molar-refractivity contribution in [2.75, 3.05) is 6.54 Å². The van der Waals surface area contributed by atoms with Gasteiger partial charge in [0.2, 0.25) is 5.91 Å². The Hall–Kier alpha value is -1.17. The standard InChI is InChI=1S/C16H17BrN2OS/c17-12-5-1-4-11(10-12)13-6-2-8-19(13)16(20)15(18)14-7-3-9-21-14/h1,3-5,7,9-10,13,15H,2,6,8,18H2. The molecule has 5 heteroatoms. The number of thiophene rings is 1. The highest BCUT2D eigenvalue weighted by atomic mass is 79.9. The van der Waals surface area contributed by atoms with Crippen molar-refractivity contribution >= 4 is 33.2 Å². The van der Waals surface area contributed by atoms with Crippen molar-refractivity contribution in [2.24, 2.45) is 5.73 Å². The quantitative estimate of drug-likeness (QED) is 0.898. The highest BCUT2D eigenvalue weighted by Gasteiger charge is 2.33. The number of carbonyl (C=O) groups excluding carboxylic acids is 1. The van der Waals surface area contributed by atoms with Gasteiger partial charge in [-0.2, -0.15) is 0 Å². The second-order valence-corrected chi connectivity index (χ2v) is 7.13. The SMILES string of the molecule is NC(C(=O)N1CCCC1c1cccc(Br)c1)c1cccs1. The fraction of sp³-hybridized carbons (Fsp3) is 0.312. The number of benzene rings is 1. The summed E-state index contributed by atoms with van der Waals surface area (Å²) in [6.45, 7) is 0.787. The van der Waals surface area contributed by atoms with Crippen molar-refractivity contribution in [3.63, 3.8) is 0 Å². The molecule has 21 heavy (non-hydrogen) atoms. The number of carbonyl (C=O) groups is 1. The molecular weight excluding hydrogens is 348 g/mol. The normalized spacial score (nSPS) is 19.7. The van der Waals surface area contributed by atoms with Gasteiger partial charge in [0.1, 0.15) is 6.04 Å². The summed E-state index contributed by atoms with van der Waals surface area (Å²) < 4.78 is 1.04. The molecule has 0 spiro atoms. The Labute approximate surface area is 136 Å². The van der Waals surface area contributed by atoms with Gasteiger partial charge in [0, 0.05) is 15.9 Å². The van der Waals surface area contributed by atoms with Gasteiger partial charge >= 0.3 is 0 Å². The molecule has 110 valence electrons. The summed E-state index contributed by atoms with van der Waals surface area (Å²) in [7, 11) is 0. The lowest BCUT2D eigenvalue weighted by molar-refractivity contribution is -0.133. The molecule has 2 N–H and O–H groups in total. The molecule has 3 nitrogen and oxygen atoms in total. The fourth-order valence-corrected chi connectivity index (χ4v) is 4.00. The maximum atomic E-state index is 12.7. The third-order valence-corrected chi connectivity index (χ3v) is 5.33. The molecule has 2 unspecified atom stereocenters. The number of rotatable bonds is 3. The minimum atomic E-state index is -0.544. The Bertz CT molecular complexity index is 629. The predicted octanol–water partition coefficient (Wildman–Crippen LogP) is 3.87. The predicted molar refractivity (Wildman–Crippen MR) is 89.1 cm³/mol. The Balaban J connectivity index is 1.82. The molecule has 1 aliphatic rings. The van der Waals surface area contributed by atoms with Crippen LogP contribution in [-0.2, 0) is 4.79 Å². The van der Waals surface area contributed by atoms with E-state index in [1.807, 2.05) is 34.5 Å². The van der Waals surface area contributed by atoms with Crippen LogP contribution in [0.25, 0.3) is 0 Å². The zero-order valence-corrected chi connectivity index (χ0v) is 13.9. The molecule has 0 saturated carbocycles. The first-order valence-electron chi connectivity index (χ1n) is 7.02. The van der Waals surface area contributed by atoms with E-state index in [1.165, 1.54) is 16.9 Å². The maximum Gasteiger partial charge on any atom is 0.245 e. The second kappa shape index (κ2) is 6.30. The summed E-state index contributed by atoms with van der Waals surface area (Å²) in [5, 5.41) is 1.96. The van der Waals surface area contributed by atoms with Crippen molar-refractivity contribution in [3.8, 4) is 0 Å². The van der Waals surface area contributed by atoms with Gasteiger partial charge < -0.3 is 10.6 Å². The van der Waals surface area contributed by atoms with Gasteiger partial charge in [0.25, 0.3) is 0 Å². The molecule has 1 aliphatic heterocycles. The highest BCUT2D eigenvalue weighted by molar-refractivity contribution is 9.10. The zero-order chi connectivity index (χ0) is 14.8. The van der Waals surface area contributed by atoms with E-state index in [0.717, 1.165) is 28.7 Å². The molecule has 1 fully saturated rings. The number of nitrogens with two attached hydrogens (primary N) is 1. The second-order valence-electron chi connectivity index (χ2n) is 5.24. The van der Waals surface area contributed by atoms with Crippen LogP contribution in [-0.4, -0.2) is 17.4 Å². The lowest BCUT2D eigenvalue weighted by Gasteiger charge is -2.27. The summed E-state index contributed by atoms with van der Waals surface area (Å²) in [4.78, 5) is 15.6. The van der Waals surface area contributed by atoms with Gasteiger partial charge in [-0.25, -0.2) is 0 Å². The van der Waals surface area contributed by atoms with Crippen LogP contribution in [0.15, 0.2) is 46.3 Å². The third kappa shape index (κ3) is 3.05. The van der Waals surface area contributed by atoms with Crippen LogP contribution in [0.5, 0.6) is 0 Å². The average molecular weight is 365 g/mol. The first-order valence-corrected chi connectivity index (χ1v) is 8.69. The summed E-state index contributed by atoms with van der Waals surface area (Å²) in [6.07, 6.45) is 2.03. The molecule has 1 aromatic carbocycles. The molecule has 0 bridgehead atoms. The summed E-state index contributed by atoms with van der Waals surface area (Å²) >= 11 is 5.04. The first-order chi connectivity index (χ1) is 10.2. The highest BCUT2D eigenvalue weighted by Crippen LogP contribution is 2.35. The molecule has 1 saturated heterocycles. The monoisotopic (exact) mass is 364 g/mol. The van der Waals surface area contributed by atoms with E-state index < -0.39 is 6.04 Å². The number of halogens is 1. The van der Waals surface area contributed by atoms with Gasteiger partial charge in [-0.1, -0.05) is 34.1 Å². The van der Waals surface area contributed by atoms with Crippen molar-refractivity contribution < 1.29 is 4.79 Å². The van der Waals surface area contributed by atoms with E-state index in [0.29, 0.717) is 0 Å². The van der Waals surface area contributed by atoms with E-state index in [4.69, 9.17) is 5.73 Å².